The number of carboxylic acids is 1. The van der Waals surface area contributed by atoms with Gasteiger partial charge in [0.1, 0.15) is 0 Å². The van der Waals surface area contributed by atoms with Crippen molar-refractivity contribution >= 4 is 23.8 Å². The minimum absolute atomic E-state index is 0.212. The number of hydrogen-bond acceptors (Lipinski definition) is 6. The van der Waals surface area contributed by atoms with Gasteiger partial charge in [0.05, 0.1) is 0 Å². The van der Waals surface area contributed by atoms with E-state index in [0.29, 0.717) is 13.0 Å². The predicted octanol–water partition coefficient (Wildman–Crippen LogP) is 1.68. The number of amides is 1. The number of carbonyl (C=O) groups is 4. The number of carboxylic acid groups (broad SMARTS) is 1. The van der Waals surface area contributed by atoms with Crippen molar-refractivity contribution in [2.24, 2.45) is 0 Å². The first kappa shape index (κ1) is 22.1. The molecule has 1 amide bonds. The number of rotatable bonds is 9. The Bertz CT molecular complexity index is 701. The van der Waals surface area contributed by atoms with Crippen molar-refractivity contribution < 1.29 is 33.8 Å². The quantitative estimate of drug-likeness (QED) is 0.650. The monoisotopic (exact) mass is 379 g/mol. The molecule has 1 aromatic carbocycles. The summed E-state index contributed by atoms with van der Waals surface area (Å²) in [4.78, 5) is 48.6. The fraction of sp³-hybridized carbons (Fsp3) is 0.474. The van der Waals surface area contributed by atoms with Crippen molar-refractivity contribution in [1.82, 2.24) is 4.90 Å². The van der Waals surface area contributed by atoms with Crippen LogP contribution in [0, 0.1) is 6.92 Å². The molecule has 0 saturated carbocycles. The number of aryl methyl sites for hydroxylation is 1. The highest BCUT2D eigenvalue weighted by molar-refractivity contribution is 5.91. The molecule has 27 heavy (non-hydrogen) atoms. The number of carbonyl (C=O) groups excluding carboxylic acids is 3. The average molecular weight is 379 g/mol. The molecule has 0 radical (unpaired) electrons. The summed E-state index contributed by atoms with van der Waals surface area (Å²) < 4.78 is 9.68. The number of benzene rings is 1. The normalized spacial score (nSPS) is 12.6. The number of esters is 2. The minimum Gasteiger partial charge on any atom is -0.478 e. The molecule has 1 aromatic rings. The van der Waals surface area contributed by atoms with E-state index in [-0.39, 0.29) is 6.54 Å². The molecule has 0 spiro atoms. The van der Waals surface area contributed by atoms with Crippen molar-refractivity contribution in [2.45, 2.75) is 52.9 Å². The molecule has 1 N–H and O–H groups in total. The Morgan fingerprint density at radius 3 is 2.07 bits per heavy atom. The van der Waals surface area contributed by atoms with Crippen LogP contribution >= 0.6 is 0 Å². The van der Waals surface area contributed by atoms with Crippen molar-refractivity contribution in [1.29, 1.82) is 0 Å². The molecular formula is C19H25NO7. The third-order valence-corrected chi connectivity index (χ3v) is 3.78. The summed E-state index contributed by atoms with van der Waals surface area (Å²) in [5.74, 6) is -4.05. The van der Waals surface area contributed by atoms with Gasteiger partial charge in [0.15, 0.2) is 0 Å². The Morgan fingerprint density at radius 1 is 1.04 bits per heavy atom. The van der Waals surface area contributed by atoms with Crippen LogP contribution < -0.4 is 0 Å². The van der Waals surface area contributed by atoms with Gasteiger partial charge < -0.3 is 19.5 Å². The number of aliphatic carboxylic acids is 1. The molecule has 0 fully saturated rings. The third-order valence-electron chi connectivity index (χ3n) is 3.78. The third kappa shape index (κ3) is 6.73. The van der Waals surface area contributed by atoms with Gasteiger partial charge in [-0.1, -0.05) is 31.2 Å². The Hall–Kier alpha value is -2.90. The molecule has 0 saturated heterocycles. The summed E-state index contributed by atoms with van der Waals surface area (Å²) >= 11 is 0. The van der Waals surface area contributed by atoms with Gasteiger partial charge >= 0.3 is 17.9 Å². The standard InChI is InChI=1S/C19H25NO7/c1-5-10-20(11-15-9-7-6-8-12(15)2)18(23)16(26-13(3)21)17(19(24)25)27-14(4)22/h6-9,16-17H,5,10-11H2,1-4H3,(H,24,25)/t16-,17-/m1/s1. The number of hydrogen-bond donors (Lipinski definition) is 1. The molecule has 8 heteroatoms. The Kier molecular flexibility index (Phi) is 8.44. The van der Waals surface area contributed by atoms with Crippen LogP contribution in [0.1, 0.15) is 38.3 Å². The van der Waals surface area contributed by atoms with Crippen molar-refractivity contribution in [3.63, 3.8) is 0 Å². The van der Waals surface area contributed by atoms with Gasteiger partial charge in [-0.3, -0.25) is 14.4 Å². The molecule has 0 aliphatic carbocycles. The summed E-state index contributed by atoms with van der Waals surface area (Å²) in [7, 11) is 0. The van der Waals surface area contributed by atoms with E-state index in [4.69, 9.17) is 9.47 Å². The van der Waals surface area contributed by atoms with Gasteiger partial charge in [-0.05, 0) is 24.5 Å². The van der Waals surface area contributed by atoms with E-state index in [2.05, 4.69) is 0 Å². The second-order valence-electron chi connectivity index (χ2n) is 6.08. The first-order chi connectivity index (χ1) is 12.7. The minimum atomic E-state index is -1.92. The van der Waals surface area contributed by atoms with Gasteiger partial charge in [0, 0.05) is 26.9 Å². The molecule has 1 rings (SSSR count). The summed E-state index contributed by atoms with van der Waals surface area (Å²) in [5, 5.41) is 9.36. The molecule has 0 unspecified atom stereocenters. The molecular weight excluding hydrogens is 354 g/mol. The number of nitrogens with zero attached hydrogens (tertiary/aromatic N) is 1. The Labute approximate surface area is 158 Å². The topological polar surface area (TPSA) is 110 Å². The molecule has 0 bridgehead atoms. The fourth-order valence-corrected chi connectivity index (χ4v) is 2.55. The van der Waals surface area contributed by atoms with Crippen LogP contribution in [-0.4, -0.2) is 52.6 Å². The van der Waals surface area contributed by atoms with Gasteiger partial charge in [-0.15, -0.1) is 0 Å². The van der Waals surface area contributed by atoms with E-state index in [9.17, 15) is 24.3 Å². The van der Waals surface area contributed by atoms with Gasteiger partial charge in [0.2, 0.25) is 12.2 Å². The Balaban J connectivity index is 3.20. The smallest absolute Gasteiger partial charge is 0.349 e. The lowest BCUT2D eigenvalue weighted by atomic mass is 10.1. The highest BCUT2D eigenvalue weighted by atomic mass is 16.6. The van der Waals surface area contributed by atoms with Crippen molar-refractivity contribution in [3.05, 3.63) is 35.4 Å². The van der Waals surface area contributed by atoms with Crippen LogP contribution in [0.25, 0.3) is 0 Å². The molecule has 0 heterocycles. The van der Waals surface area contributed by atoms with Crippen LogP contribution in [0.15, 0.2) is 24.3 Å². The van der Waals surface area contributed by atoms with E-state index in [1.165, 1.54) is 4.90 Å². The maximum Gasteiger partial charge on any atom is 0.349 e. The summed E-state index contributed by atoms with van der Waals surface area (Å²) in [6.07, 6.45) is -3.08. The molecule has 2 atom stereocenters. The van der Waals surface area contributed by atoms with E-state index in [0.717, 1.165) is 25.0 Å². The highest BCUT2D eigenvalue weighted by Gasteiger charge is 2.41. The summed E-state index contributed by atoms with van der Waals surface area (Å²) in [6.45, 7) is 6.35. The lowest BCUT2D eigenvalue weighted by molar-refractivity contribution is -0.183. The van der Waals surface area contributed by atoms with E-state index < -0.39 is 36.0 Å². The van der Waals surface area contributed by atoms with Crippen molar-refractivity contribution in [3.8, 4) is 0 Å². The van der Waals surface area contributed by atoms with E-state index >= 15 is 0 Å². The van der Waals surface area contributed by atoms with Crippen LogP contribution in [0.3, 0.4) is 0 Å². The zero-order chi connectivity index (χ0) is 20.6. The average Bonchev–Trinajstić information content (AvgIpc) is 2.58. The van der Waals surface area contributed by atoms with E-state index in [1.807, 2.05) is 38.1 Å². The lowest BCUT2D eigenvalue weighted by Gasteiger charge is -2.29. The number of ether oxygens (including phenoxy) is 2. The van der Waals surface area contributed by atoms with Gasteiger partial charge in [-0.2, -0.15) is 0 Å². The fourth-order valence-electron chi connectivity index (χ4n) is 2.55. The maximum absolute atomic E-state index is 13.0. The van der Waals surface area contributed by atoms with Crippen molar-refractivity contribution in [2.75, 3.05) is 6.54 Å². The largest absolute Gasteiger partial charge is 0.478 e. The lowest BCUT2D eigenvalue weighted by Crippen LogP contribution is -2.51. The summed E-state index contributed by atoms with van der Waals surface area (Å²) in [6, 6.07) is 7.45. The zero-order valence-electron chi connectivity index (χ0n) is 15.9. The molecule has 0 aliphatic rings. The molecule has 0 aliphatic heterocycles. The predicted molar refractivity (Wildman–Crippen MR) is 95.6 cm³/mol. The summed E-state index contributed by atoms with van der Waals surface area (Å²) in [5.41, 5.74) is 1.84. The van der Waals surface area contributed by atoms with Gasteiger partial charge in [0.25, 0.3) is 5.91 Å². The first-order valence-corrected chi connectivity index (χ1v) is 8.57. The van der Waals surface area contributed by atoms with Crippen LogP contribution in [-0.2, 0) is 35.2 Å². The highest BCUT2D eigenvalue weighted by Crippen LogP contribution is 2.16. The van der Waals surface area contributed by atoms with Gasteiger partial charge in [-0.25, -0.2) is 4.79 Å². The first-order valence-electron chi connectivity index (χ1n) is 8.57. The van der Waals surface area contributed by atoms with Crippen LogP contribution in [0.2, 0.25) is 0 Å². The second-order valence-corrected chi connectivity index (χ2v) is 6.08. The zero-order valence-corrected chi connectivity index (χ0v) is 15.9. The molecule has 8 nitrogen and oxygen atoms in total. The maximum atomic E-state index is 13.0. The second kappa shape index (κ2) is 10.3. The SMILES string of the molecule is CCCN(Cc1ccccc1C)C(=O)[C@H](OC(C)=O)[C@@H](OC(C)=O)C(=O)O. The van der Waals surface area contributed by atoms with E-state index in [1.54, 1.807) is 0 Å². The Morgan fingerprint density at radius 2 is 1.59 bits per heavy atom. The molecule has 0 aromatic heterocycles. The van der Waals surface area contributed by atoms with Crippen LogP contribution in [0.5, 0.6) is 0 Å². The van der Waals surface area contributed by atoms with Crippen LogP contribution in [0.4, 0.5) is 0 Å². The molecule has 148 valence electrons.